The Morgan fingerprint density at radius 2 is 2.31 bits per heavy atom. The topological polar surface area (TPSA) is 52.6 Å². The van der Waals surface area contributed by atoms with Crippen molar-refractivity contribution < 1.29 is 9.90 Å². The van der Waals surface area contributed by atoms with Crippen molar-refractivity contribution in [2.24, 2.45) is 0 Å². The van der Waals surface area contributed by atoms with E-state index in [1.807, 2.05) is 6.92 Å². The van der Waals surface area contributed by atoms with E-state index in [0.29, 0.717) is 19.1 Å². The summed E-state index contributed by atoms with van der Waals surface area (Å²) in [6, 6.07) is 0.319. The van der Waals surface area contributed by atoms with Gasteiger partial charge in [0.2, 0.25) is 0 Å². The molecule has 0 bridgehead atoms. The van der Waals surface area contributed by atoms with Gasteiger partial charge in [-0.25, -0.2) is 4.79 Å². The van der Waals surface area contributed by atoms with Crippen LogP contribution in [-0.2, 0) is 0 Å². The van der Waals surface area contributed by atoms with Gasteiger partial charge in [-0.15, -0.1) is 0 Å². The number of aliphatic hydroxyl groups is 1. The van der Waals surface area contributed by atoms with Gasteiger partial charge in [-0.3, -0.25) is 0 Å². The molecule has 4 heteroatoms. The number of urea groups is 1. The second-order valence-electron chi connectivity index (χ2n) is 3.34. The molecule has 0 radical (unpaired) electrons. The summed E-state index contributed by atoms with van der Waals surface area (Å²) < 4.78 is 0. The van der Waals surface area contributed by atoms with Crippen LogP contribution in [0.25, 0.3) is 0 Å². The van der Waals surface area contributed by atoms with Crippen LogP contribution in [0.15, 0.2) is 0 Å². The van der Waals surface area contributed by atoms with Crippen LogP contribution < -0.4 is 5.32 Å². The van der Waals surface area contributed by atoms with Gasteiger partial charge >= 0.3 is 6.03 Å². The molecule has 76 valence electrons. The highest BCUT2D eigenvalue weighted by Gasteiger charge is 2.27. The monoisotopic (exact) mass is 186 g/mol. The third-order valence-electron chi connectivity index (χ3n) is 2.45. The van der Waals surface area contributed by atoms with Gasteiger partial charge in [0.05, 0.1) is 6.61 Å². The van der Waals surface area contributed by atoms with Gasteiger partial charge < -0.3 is 15.3 Å². The van der Waals surface area contributed by atoms with Crippen LogP contribution in [0.1, 0.15) is 26.2 Å². The number of rotatable bonds is 4. The molecule has 0 unspecified atom stereocenters. The van der Waals surface area contributed by atoms with Gasteiger partial charge in [0.15, 0.2) is 0 Å². The van der Waals surface area contributed by atoms with E-state index in [2.05, 4.69) is 5.32 Å². The fraction of sp³-hybridized carbons (Fsp3) is 0.889. The summed E-state index contributed by atoms with van der Waals surface area (Å²) in [5, 5.41) is 11.6. The van der Waals surface area contributed by atoms with Gasteiger partial charge in [-0.1, -0.05) is 0 Å². The minimum absolute atomic E-state index is 0.0405. The smallest absolute Gasteiger partial charge is 0.317 e. The zero-order valence-electron chi connectivity index (χ0n) is 8.12. The second kappa shape index (κ2) is 5.07. The first-order valence-corrected chi connectivity index (χ1v) is 4.95. The third-order valence-corrected chi connectivity index (χ3v) is 2.45. The summed E-state index contributed by atoms with van der Waals surface area (Å²) in [6.07, 6.45) is 3.36. The molecule has 1 fully saturated rings. The minimum atomic E-state index is -0.0405. The molecule has 0 heterocycles. The Balaban J connectivity index is 2.40. The Bertz CT molecular complexity index is 169. The summed E-state index contributed by atoms with van der Waals surface area (Å²) in [5.74, 6) is 0. The molecule has 2 amide bonds. The fourth-order valence-electron chi connectivity index (χ4n) is 1.51. The number of amides is 2. The first-order valence-electron chi connectivity index (χ1n) is 4.95. The van der Waals surface area contributed by atoms with Crippen molar-refractivity contribution in [1.82, 2.24) is 10.2 Å². The molecule has 13 heavy (non-hydrogen) atoms. The van der Waals surface area contributed by atoms with E-state index in [1.165, 1.54) is 6.42 Å². The summed E-state index contributed by atoms with van der Waals surface area (Å²) in [4.78, 5) is 13.2. The summed E-state index contributed by atoms with van der Waals surface area (Å²) in [5.41, 5.74) is 0. The van der Waals surface area contributed by atoms with Crippen LogP contribution in [0.3, 0.4) is 0 Å². The number of carbonyl (C=O) groups is 1. The quantitative estimate of drug-likeness (QED) is 0.674. The van der Waals surface area contributed by atoms with Crippen molar-refractivity contribution >= 4 is 6.03 Å². The largest absolute Gasteiger partial charge is 0.395 e. The zero-order valence-corrected chi connectivity index (χ0v) is 8.12. The van der Waals surface area contributed by atoms with E-state index < -0.39 is 0 Å². The third kappa shape index (κ3) is 2.59. The maximum absolute atomic E-state index is 11.5. The van der Waals surface area contributed by atoms with Crippen LogP contribution in [0.4, 0.5) is 4.79 Å². The van der Waals surface area contributed by atoms with E-state index in [-0.39, 0.29) is 12.6 Å². The van der Waals surface area contributed by atoms with Crippen molar-refractivity contribution in [2.75, 3.05) is 19.7 Å². The molecule has 1 saturated carbocycles. The number of nitrogens with zero attached hydrogens (tertiary/aromatic N) is 1. The molecule has 4 nitrogen and oxygen atoms in total. The number of hydrogen-bond acceptors (Lipinski definition) is 2. The van der Waals surface area contributed by atoms with E-state index in [1.54, 1.807) is 4.90 Å². The van der Waals surface area contributed by atoms with Gasteiger partial charge in [-0.2, -0.15) is 0 Å². The van der Waals surface area contributed by atoms with Gasteiger partial charge in [0.1, 0.15) is 0 Å². The molecule has 0 spiro atoms. The highest BCUT2D eigenvalue weighted by molar-refractivity contribution is 5.74. The fourth-order valence-corrected chi connectivity index (χ4v) is 1.51. The number of aliphatic hydroxyl groups excluding tert-OH is 1. The van der Waals surface area contributed by atoms with Gasteiger partial charge in [-0.05, 0) is 26.2 Å². The summed E-state index contributed by atoms with van der Waals surface area (Å²) >= 11 is 0. The van der Waals surface area contributed by atoms with Crippen molar-refractivity contribution in [2.45, 2.75) is 32.2 Å². The van der Waals surface area contributed by atoms with E-state index >= 15 is 0 Å². The molecule has 1 aliphatic rings. The minimum Gasteiger partial charge on any atom is -0.395 e. The van der Waals surface area contributed by atoms with Crippen LogP contribution >= 0.6 is 0 Å². The van der Waals surface area contributed by atoms with E-state index in [0.717, 1.165) is 12.8 Å². The lowest BCUT2D eigenvalue weighted by atomic mass is 9.92. The Kier molecular flexibility index (Phi) is 4.02. The van der Waals surface area contributed by atoms with Crippen LogP contribution in [0, 0.1) is 0 Å². The molecule has 2 N–H and O–H groups in total. The van der Waals surface area contributed by atoms with Crippen molar-refractivity contribution in [3.05, 3.63) is 0 Å². The number of nitrogens with one attached hydrogen (secondary N) is 1. The first-order chi connectivity index (χ1) is 6.29. The average molecular weight is 186 g/mol. The number of hydrogen-bond donors (Lipinski definition) is 2. The molecule has 0 aromatic rings. The Morgan fingerprint density at radius 1 is 1.62 bits per heavy atom. The van der Waals surface area contributed by atoms with Crippen molar-refractivity contribution in [1.29, 1.82) is 0 Å². The molecule has 1 rings (SSSR count). The van der Waals surface area contributed by atoms with Crippen molar-refractivity contribution in [3.8, 4) is 0 Å². The SMILES string of the molecule is CCNC(=O)N(CCO)C1CCC1. The first kappa shape index (κ1) is 10.3. The molecule has 0 saturated heterocycles. The van der Waals surface area contributed by atoms with Crippen LogP contribution in [0.5, 0.6) is 0 Å². The highest BCUT2D eigenvalue weighted by Crippen LogP contribution is 2.24. The normalized spacial score (nSPS) is 16.5. The summed E-state index contributed by atoms with van der Waals surface area (Å²) in [6.45, 7) is 3.05. The lowest BCUT2D eigenvalue weighted by Crippen LogP contribution is -2.50. The molecule has 1 aliphatic carbocycles. The van der Waals surface area contributed by atoms with Gasteiger partial charge in [0, 0.05) is 19.1 Å². The predicted octanol–water partition coefficient (Wildman–Crippen LogP) is 0.563. The molecular formula is C9H18N2O2. The molecule has 0 atom stereocenters. The lowest BCUT2D eigenvalue weighted by molar-refractivity contribution is 0.119. The molecule has 0 aromatic carbocycles. The maximum atomic E-state index is 11.5. The Morgan fingerprint density at radius 3 is 2.69 bits per heavy atom. The molecule has 0 aromatic heterocycles. The molecule has 0 aliphatic heterocycles. The average Bonchev–Trinajstić information content (AvgIpc) is 2.01. The van der Waals surface area contributed by atoms with Crippen LogP contribution in [0.2, 0.25) is 0 Å². The number of carbonyl (C=O) groups excluding carboxylic acids is 1. The predicted molar refractivity (Wildman–Crippen MR) is 50.5 cm³/mol. The highest BCUT2D eigenvalue weighted by atomic mass is 16.3. The van der Waals surface area contributed by atoms with E-state index in [9.17, 15) is 4.79 Å². The molecular weight excluding hydrogens is 168 g/mol. The Hall–Kier alpha value is -0.770. The van der Waals surface area contributed by atoms with Crippen molar-refractivity contribution in [3.63, 3.8) is 0 Å². The van der Waals surface area contributed by atoms with Crippen LogP contribution in [-0.4, -0.2) is 41.8 Å². The summed E-state index contributed by atoms with van der Waals surface area (Å²) in [7, 11) is 0. The zero-order chi connectivity index (χ0) is 9.68. The van der Waals surface area contributed by atoms with E-state index in [4.69, 9.17) is 5.11 Å². The van der Waals surface area contributed by atoms with Gasteiger partial charge in [0.25, 0.3) is 0 Å². The lowest BCUT2D eigenvalue weighted by Gasteiger charge is -2.37. The maximum Gasteiger partial charge on any atom is 0.317 e. The standard InChI is InChI=1S/C9H18N2O2/c1-2-10-9(13)11(6-7-12)8-4-3-5-8/h8,12H,2-7H2,1H3,(H,10,13). The Labute approximate surface area is 78.9 Å². The second-order valence-corrected chi connectivity index (χ2v) is 3.34.